The molecule has 0 aliphatic carbocycles. The average molecular weight is 203 g/mol. The standard InChI is InChI=1S/C11H13N3O/c15-11(9-4-3-6-12-8-9)14-10-5-1-2-7-13-10/h1-2,5,7-9H,3-4,6H2,(H,13,14,15). The SMILES string of the molecule is O=C(Nc1ccccn1)C1C=NCCC1. The van der Waals surface area contributed by atoms with Gasteiger partial charge in [0.05, 0.1) is 5.92 Å². The van der Waals surface area contributed by atoms with Gasteiger partial charge in [-0.05, 0) is 25.0 Å². The predicted molar refractivity (Wildman–Crippen MR) is 58.9 cm³/mol. The lowest BCUT2D eigenvalue weighted by Gasteiger charge is -2.14. The number of rotatable bonds is 2. The topological polar surface area (TPSA) is 54.4 Å². The Morgan fingerprint density at radius 3 is 3.07 bits per heavy atom. The summed E-state index contributed by atoms with van der Waals surface area (Å²) >= 11 is 0. The molecule has 78 valence electrons. The van der Waals surface area contributed by atoms with Gasteiger partial charge in [-0.15, -0.1) is 0 Å². The molecule has 0 saturated carbocycles. The first-order valence-corrected chi connectivity index (χ1v) is 5.08. The Morgan fingerprint density at radius 1 is 1.47 bits per heavy atom. The molecule has 0 aromatic carbocycles. The van der Waals surface area contributed by atoms with Crippen molar-refractivity contribution in [2.45, 2.75) is 12.8 Å². The first-order chi connectivity index (χ1) is 7.36. The van der Waals surface area contributed by atoms with E-state index in [0.717, 1.165) is 19.4 Å². The molecule has 1 unspecified atom stereocenters. The van der Waals surface area contributed by atoms with E-state index >= 15 is 0 Å². The molecule has 0 fully saturated rings. The average Bonchev–Trinajstić information content (AvgIpc) is 2.31. The molecule has 1 N–H and O–H groups in total. The fraction of sp³-hybridized carbons (Fsp3) is 0.364. The van der Waals surface area contributed by atoms with E-state index in [1.165, 1.54) is 0 Å². The van der Waals surface area contributed by atoms with Gasteiger partial charge in [0.2, 0.25) is 5.91 Å². The lowest BCUT2D eigenvalue weighted by Crippen LogP contribution is -2.26. The van der Waals surface area contributed by atoms with E-state index in [0.29, 0.717) is 5.82 Å². The number of amides is 1. The highest BCUT2D eigenvalue weighted by Crippen LogP contribution is 2.12. The van der Waals surface area contributed by atoms with E-state index in [-0.39, 0.29) is 11.8 Å². The number of aliphatic imine (C=N–C) groups is 1. The zero-order valence-electron chi connectivity index (χ0n) is 8.39. The third kappa shape index (κ3) is 2.62. The summed E-state index contributed by atoms with van der Waals surface area (Å²) < 4.78 is 0. The molecular formula is C11H13N3O. The fourth-order valence-corrected chi connectivity index (χ4v) is 1.53. The normalized spacial score (nSPS) is 19.9. The molecule has 4 nitrogen and oxygen atoms in total. The molecule has 1 aliphatic heterocycles. The van der Waals surface area contributed by atoms with Gasteiger partial charge in [-0.2, -0.15) is 0 Å². The first kappa shape index (κ1) is 9.83. The molecule has 0 spiro atoms. The van der Waals surface area contributed by atoms with Crippen LogP contribution in [0.25, 0.3) is 0 Å². The summed E-state index contributed by atoms with van der Waals surface area (Å²) in [5, 5.41) is 2.77. The summed E-state index contributed by atoms with van der Waals surface area (Å²) in [6, 6.07) is 5.44. The van der Waals surface area contributed by atoms with Gasteiger partial charge in [-0.25, -0.2) is 4.98 Å². The lowest BCUT2D eigenvalue weighted by molar-refractivity contribution is -0.118. The number of nitrogens with one attached hydrogen (secondary N) is 1. The van der Waals surface area contributed by atoms with Crippen LogP contribution in [0.5, 0.6) is 0 Å². The van der Waals surface area contributed by atoms with E-state index in [1.807, 2.05) is 12.1 Å². The molecule has 4 heteroatoms. The highest BCUT2D eigenvalue weighted by molar-refractivity contribution is 6.01. The van der Waals surface area contributed by atoms with Crippen molar-refractivity contribution in [2.24, 2.45) is 10.9 Å². The number of nitrogens with zero attached hydrogens (tertiary/aromatic N) is 2. The summed E-state index contributed by atoms with van der Waals surface area (Å²) in [7, 11) is 0. The van der Waals surface area contributed by atoms with Crippen molar-refractivity contribution in [3.8, 4) is 0 Å². The third-order valence-corrected chi connectivity index (χ3v) is 2.34. The molecule has 1 atom stereocenters. The molecule has 1 amide bonds. The summed E-state index contributed by atoms with van der Waals surface area (Å²) in [4.78, 5) is 19.9. The van der Waals surface area contributed by atoms with E-state index in [2.05, 4.69) is 15.3 Å². The largest absolute Gasteiger partial charge is 0.310 e. The van der Waals surface area contributed by atoms with Gasteiger partial charge in [-0.1, -0.05) is 6.07 Å². The van der Waals surface area contributed by atoms with Crippen LogP contribution in [-0.2, 0) is 4.79 Å². The van der Waals surface area contributed by atoms with Crippen molar-refractivity contribution in [1.29, 1.82) is 0 Å². The van der Waals surface area contributed by atoms with Crippen LogP contribution < -0.4 is 5.32 Å². The molecule has 15 heavy (non-hydrogen) atoms. The number of hydrogen-bond acceptors (Lipinski definition) is 3. The number of pyridine rings is 1. The summed E-state index contributed by atoms with van der Waals surface area (Å²) in [5.41, 5.74) is 0. The number of hydrogen-bond donors (Lipinski definition) is 1. The smallest absolute Gasteiger partial charge is 0.234 e. The molecule has 1 aromatic rings. The van der Waals surface area contributed by atoms with Gasteiger partial charge in [0.15, 0.2) is 0 Å². The van der Waals surface area contributed by atoms with Gasteiger partial charge in [-0.3, -0.25) is 9.79 Å². The molecule has 2 rings (SSSR count). The van der Waals surface area contributed by atoms with Crippen LogP contribution in [0.2, 0.25) is 0 Å². The number of carbonyl (C=O) groups is 1. The second-order valence-corrected chi connectivity index (χ2v) is 3.51. The van der Waals surface area contributed by atoms with Gasteiger partial charge < -0.3 is 5.32 Å². The monoisotopic (exact) mass is 203 g/mol. The third-order valence-electron chi connectivity index (χ3n) is 2.34. The zero-order chi connectivity index (χ0) is 10.5. The number of carbonyl (C=O) groups excluding carboxylic acids is 1. The van der Waals surface area contributed by atoms with E-state index < -0.39 is 0 Å². The van der Waals surface area contributed by atoms with Gasteiger partial charge >= 0.3 is 0 Å². The molecular weight excluding hydrogens is 190 g/mol. The second kappa shape index (κ2) is 4.68. The Bertz CT molecular complexity index is 361. The van der Waals surface area contributed by atoms with Crippen molar-refractivity contribution in [2.75, 3.05) is 11.9 Å². The van der Waals surface area contributed by atoms with Crippen molar-refractivity contribution >= 4 is 17.9 Å². The van der Waals surface area contributed by atoms with Crippen LogP contribution >= 0.6 is 0 Å². The van der Waals surface area contributed by atoms with Crippen molar-refractivity contribution < 1.29 is 4.79 Å². The van der Waals surface area contributed by atoms with Crippen LogP contribution in [0.15, 0.2) is 29.4 Å². The molecule has 0 radical (unpaired) electrons. The van der Waals surface area contributed by atoms with Crippen molar-refractivity contribution in [3.05, 3.63) is 24.4 Å². The van der Waals surface area contributed by atoms with Crippen molar-refractivity contribution in [3.63, 3.8) is 0 Å². The molecule has 0 saturated heterocycles. The highest BCUT2D eigenvalue weighted by atomic mass is 16.1. The number of anilines is 1. The molecule has 0 bridgehead atoms. The van der Waals surface area contributed by atoms with E-state index in [4.69, 9.17) is 0 Å². The molecule has 1 aromatic heterocycles. The first-order valence-electron chi connectivity index (χ1n) is 5.08. The Labute approximate surface area is 88.4 Å². The summed E-state index contributed by atoms with van der Waals surface area (Å²) in [6.07, 6.45) is 5.26. The van der Waals surface area contributed by atoms with Crippen LogP contribution in [0.4, 0.5) is 5.82 Å². The zero-order valence-corrected chi connectivity index (χ0v) is 8.39. The van der Waals surface area contributed by atoms with Gasteiger partial charge in [0, 0.05) is 19.0 Å². The lowest BCUT2D eigenvalue weighted by atomic mass is 10.0. The Morgan fingerprint density at radius 2 is 2.40 bits per heavy atom. The van der Waals surface area contributed by atoms with E-state index in [9.17, 15) is 4.79 Å². The second-order valence-electron chi connectivity index (χ2n) is 3.51. The molecule has 1 aliphatic rings. The quantitative estimate of drug-likeness (QED) is 0.791. The maximum atomic E-state index is 11.7. The van der Waals surface area contributed by atoms with Crippen molar-refractivity contribution in [1.82, 2.24) is 4.98 Å². The fourth-order valence-electron chi connectivity index (χ4n) is 1.53. The predicted octanol–water partition coefficient (Wildman–Crippen LogP) is 1.50. The minimum absolute atomic E-state index is 0.0165. The Kier molecular flexibility index (Phi) is 3.07. The Balaban J connectivity index is 1.97. The number of aromatic nitrogens is 1. The highest BCUT2D eigenvalue weighted by Gasteiger charge is 2.18. The van der Waals surface area contributed by atoms with Crippen LogP contribution in [0.3, 0.4) is 0 Å². The van der Waals surface area contributed by atoms with Crippen LogP contribution in [0.1, 0.15) is 12.8 Å². The minimum atomic E-state index is -0.0965. The van der Waals surface area contributed by atoms with Gasteiger partial charge in [0.25, 0.3) is 0 Å². The summed E-state index contributed by atoms with van der Waals surface area (Å²) in [6.45, 7) is 0.841. The maximum Gasteiger partial charge on any atom is 0.234 e. The maximum absolute atomic E-state index is 11.7. The molecule has 2 heterocycles. The minimum Gasteiger partial charge on any atom is -0.310 e. The Hall–Kier alpha value is -1.71. The summed E-state index contributed by atoms with van der Waals surface area (Å²) in [5.74, 6) is 0.486. The van der Waals surface area contributed by atoms with Crippen LogP contribution in [0, 0.1) is 5.92 Å². The van der Waals surface area contributed by atoms with Crippen LogP contribution in [-0.4, -0.2) is 23.7 Å². The van der Waals surface area contributed by atoms with Gasteiger partial charge in [0.1, 0.15) is 5.82 Å². The van der Waals surface area contributed by atoms with E-state index in [1.54, 1.807) is 18.5 Å².